The third-order valence-electron chi connectivity index (χ3n) is 4.85. The van der Waals surface area contributed by atoms with Gasteiger partial charge in [-0.3, -0.25) is 4.90 Å². The number of ether oxygens (including phenoxy) is 3. The summed E-state index contributed by atoms with van der Waals surface area (Å²) in [5.41, 5.74) is 0.326. The number of sulfonamides is 1. The molecule has 2 aliphatic rings. The highest BCUT2D eigenvalue weighted by Crippen LogP contribution is 2.15. The van der Waals surface area contributed by atoms with Gasteiger partial charge in [-0.1, -0.05) is 0 Å². The van der Waals surface area contributed by atoms with E-state index in [1.54, 1.807) is 0 Å². The van der Waals surface area contributed by atoms with Crippen LogP contribution >= 0.6 is 0 Å². The Morgan fingerprint density at radius 3 is 2.61 bits per heavy atom. The van der Waals surface area contributed by atoms with Crippen molar-refractivity contribution in [2.24, 2.45) is 0 Å². The monoisotopic (exact) mass is 412 g/mol. The second kappa shape index (κ2) is 9.80. The Balaban J connectivity index is 1.51. The van der Waals surface area contributed by atoms with Crippen LogP contribution in [0, 0.1) is 0 Å². The van der Waals surface area contributed by atoms with Gasteiger partial charge < -0.3 is 14.2 Å². The third-order valence-corrected chi connectivity index (χ3v) is 6.29. The molecule has 0 aromatic heterocycles. The molecule has 1 N–H and O–H groups in total. The minimum atomic E-state index is -3.63. The van der Waals surface area contributed by atoms with E-state index in [4.69, 9.17) is 14.2 Å². The molecule has 8 nitrogen and oxygen atoms in total. The van der Waals surface area contributed by atoms with E-state index in [1.165, 1.54) is 24.3 Å². The zero-order chi connectivity index (χ0) is 20.0. The van der Waals surface area contributed by atoms with E-state index in [0.717, 1.165) is 25.9 Å². The summed E-state index contributed by atoms with van der Waals surface area (Å²) in [5, 5.41) is 0. The maximum absolute atomic E-state index is 12.4. The molecule has 0 spiro atoms. The fourth-order valence-electron chi connectivity index (χ4n) is 3.30. The minimum absolute atomic E-state index is 0.0722. The van der Waals surface area contributed by atoms with Gasteiger partial charge in [-0.25, -0.2) is 17.9 Å². The second-order valence-corrected chi connectivity index (χ2v) is 8.91. The van der Waals surface area contributed by atoms with E-state index in [0.29, 0.717) is 31.9 Å². The predicted octanol–water partition coefficient (Wildman–Crippen LogP) is 1.02. The van der Waals surface area contributed by atoms with Crippen LogP contribution in [0.15, 0.2) is 29.2 Å². The second-order valence-electron chi connectivity index (χ2n) is 7.14. The molecule has 2 aliphatic heterocycles. The van der Waals surface area contributed by atoms with Crippen LogP contribution in [-0.2, 0) is 24.2 Å². The summed E-state index contributed by atoms with van der Waals surface area (Å²) in [7, 11) is -3.63. The van der Waals surface area contributed by atoms with Crippen molar-refractivity contribution in [3.63, 3.8) is 0 Å². The van der Waals surface area contributed by atoms with Crippen LogP contribution in [0.1, 0.15) is 30.1 Å². The molecule has 2 atom stereocenters. The van der Waals surface area contributed by atoms with Crippen molar-refractivity contribution < 1.29 is 27.4 Å². The lowest BCUT2D eigenvalue weighted by Crippen LogP contribution is -2.41. The molecule has 1 aromatic carbocycles. The van der Waals surface area contributed by atoms with Gasteiger partial charge in [0.25, 0.3) is 0 Å². The van der Waals surface area contributed by atoms with Crippen molar-refractivity contribution in [1.82, 2.24) is 9.62 Å². The number of nitrogens with zero attached hydrogens (tertiary/aromatic N) is 1. The number of morpholine rings is 1. The van der Waals surface area contributed by atoms with Crippen LogP contribution in [0.2, 0.25) is 0 Å². The van der Waals surface area contributed by atoms with Crippen molar-refractivity contribution in [2.45, 2.75) is 36.9 Å². The Labute approximate surface area is 166 Å². The van der Waals surface area contributed by atoms with Crippen molar-refractivity contribution in [2.75, 3.05) is 46.0 Å². The van der Waals surface area contributed by atoms with Gasteiger partial charge in [-0.15, -0.1) is 0 Å². The third kappa shape index (κ3) is 5.99. The fourth-order valence-corrected chi connectivity index (χ4v) is 4.36. The van der Waals surface area contributed by atoms with Crippen LogP contribution in [0.3, 0.4) is 0 Å². The van der Waals surface area contributed by atoms with Gasteiger partial charge in [0.05, 0.1) is 29.8 Å². The van der Waals surface area contributed by atoms with Crippen molar-refractivity contribution >= 4 is 16.0 Å². The number of nitrogens with one attached hydrogen (secondary N) is 1. The normalized spacial score (nSPS) is 22.1. The van der Waals surface area contributed by atoms with Gasteiger partial charge in [0, 0.05) is 32.8 Å². The van der Waals surface area contributed by atoms with E-state index >= 15 is 0 Å². The van der Waals surface area contributed by atoms with Crippen LogP contribution in [0.4, 0.5) is 0 Å². The number of hydrogen-bond acceptors (Lipinski definition) is 7. The highest BCUT2D eigenvalue weighted by atomic mass is 32.2. The van der Waals surface area contributed by atoms with E-state index in [2.05, 4.69) is 9.62 Å². The molecular formula is C19H28N2O6S. The summed E-state index contributed by atoms with van der Waals surface area (Å²) < 4.78 is 43.5. The molecule has 1 aromatic rings. The predicted molar refractivity (Wildman–Crippen MR) is 103 cm³/mol. The first-order chi connectivity index (χ1) is 13.4. The van der Waals surface area contributed by atoms with Gasteiger partial charge in [0.1, 0.15) is 6.10 Å². The maximum atomic E-state index is 12.4. The number of benzene rings is 1. The van der Waals surface area contributed by atoms with Gasteiger partial charge in [-0.05, 0) is 44.0 Å². The molecule has 9 heteroatoms. The van der Waals surface area contributed by atoms with E-state index < -0.39 is 16.0 Å². The Kier molecular flexibility index (Phi) is 7.42. The lowest BCUT2D eigenvalue weighted by molar-refractivity contribution is 0.000439. The van der Waals surface area contributed by atoms with Crippen molar-refractivity contribution in [1.29, 1.82) is 0 Å². The van der Waals surface area contributed by atoms with Crippen molar-refractivity contribution in [3.05, 3.63) is 29.8 Å². The van der Waals surface area contributed by atoms with E-state index in [-0.39, 0.29) is 23.6 Å². The molecule has 28 heavy (non-hydrogen) atoms. The first kappa shape index (κ1) is 21.2. The molecular weight excluding hydrogens is 384 g/mol. The first-order valence-electron chi connectivity index (χ1n) is 9.66. The van der Waals surface area contributed by atoms with Gasteiger partial charge in [0.2, 0.25) is 10.0 Å². The molecule has 2 heterocycles. The number of hydrogen-bond donors (Lipinski definition) is 1. The fraction of sp³-hybridized carbons (Fsp3) is 0.632. The van der Waals surface area contributed by atoms with E-state index in [1.807, 2.05) is 6.92 Å². The SMILES string of the molecule is C[C@H](CN1CCOCC1)OC(=O)c1ccc(S(=O)(=O)NC[C@@H]2CCCO2)cc1. The maximum Gasteiger partial charge on any atom is 0.338 e. The van der Waals surface area contributed by atoms with Crippen LogP contribution in [0.25, 0.3) is 0 Å². The first-order valence-corrected chi connectivity index (χ1v) is 11.1. The summed E-state index contributed by atoms with van der Waals surface area (Å²) in [6.45, 7) is 6.46. The summed E-state index contributed by atoms with van der Waals surface area (Å²) in [4.78, 5) is 14.6. The Hall–Kier alpha value is -1.52. The zero-order valence-electron chi connectivity index (χ0n) is 16.1. The molecule has 3 rings (SSSR count). The average molecular weight is 413 g/mol. The van der Waals surface area contributed by atoms with Gasteiger partial charge in [0.15, 0.2) is 0 Å². The molecule has 0 bridgehead atoms. The molecule has 156 valence electrons. The summed E-state index contributed by atoms with van der Waals surface area (Å²) in [5.74, 6) is -0.461. The van der Waals surface area contributed by atoms with Crippen LogP contribution in [-0.4, -0.2) is 77.5 Å². The lowest BCUT2D eigenvalue weighted by Gasteiger charge is -2.28. The quantitative estimate of drug-likeness (QED) is 0.637. The average Bonchev–Trinajstić information content (AvgIpc) is 3.21. The Bertz CT molecular complexity index is 740. The molecule has 2 fully saturated rings. The molecule has 0 saturated carbocycles. The standard InChI is InChI=1S/C19H28N2O6S/c1-15(14-21-8-11-25-12-9-21)27-19(22)16-4-6-18(7-5-16)28(23,24)20-13-17-3-2-10-26-17/h4-7,15,17,20H,2-3,8-14H2,1H3/t15-,17+/m1/s1. The van der Waals surface area contributed by atoms with Crippen LogP contribution < -0.4 is 4.72 Å². The largest absolute Gasteiger partial charge is 0.458 e. The molecule has 0 amide bonds. The summed E-state index contributed by atoms with van der Waals surface area (Å²) in [6.07, 6.45) is 1.47. The lowest BCUT2D eigenvalue weighted by atomic mass is 10.2. The van der Waals surface area contributed by atoms with Crippen LogP contribution in [0.5, 0.6) is 0 Å². The summed E-state index contributed by atoms with van der Waals surface area (Å²) >= 11 is 0. The Morgan fingerprint density at radius 1 is 1.25 bits per heavy atom. The summed E-state index contributed by atoms with van der Waals surface area (Å²) in [6, 6.07) is 5.79. The smallest absolute Gasteiger partial charge is 0.338 e. The molecule has 0 radical (unpaired) electrons. The highest BCUT2D eigenvalue weighted by Gasteiger charge is 2.21. The molecule has 2 saturated heterocycles. The van der Waals surface area contributed by atoms with Gasteiger partial charge in [-0.2, -0.15) is 0 Å². The molecule has 0 unspecified atom stereocenters. The molecule has 0 aliphatic carbocycles. The number of carbonyl (C=O) groups is 1. The van der Waals surface area contributed by atoms with E-state index in [9.17, 15) is 13.2 Å². The van der Waals surface area contributed by atoms with Crippen molar-refractivity contribution in [3.8, 4) is 0 Å². The zero-order valence-corrected chi connectivity index (χ0v) is 16.9. The topological polar surface area (TPSA) is 94.2 Å². The van der Waals surface area contributed by atoms with Gasteiger partial charge >= 0.3 is 5.97 Å². The minimum Gasteiger partial charge on any atom is -0.458 e. The number of rotatable bonds is 8. The highest BCUT2D eigenvalue weighted by molar-refractivity contribution is 7.89. The number of carbonyl (C=O) groups excluding carboxylic acids is 1. The number of esters is 1. The Morgan fingerprint density at radius 2 is 1.96 bits per heavy atom.